The summed E-state index contributed by atoms with van der Waals surface area (Å²) in [7, 11) is 0. The van der Waals surface area contributed by atoms with Crippen LogP contribution in [0.15, 0.2) is 47.6 Å². The van der Waals surface area contributed by atoms with Gasteiger partial charge in [-0.05, 0) is 63.9 Å². The Balaban J connectivity index is 1.20. The Morgan fingerprint density at radius 2 is 1.51 bits per heavy atom. The SMILES string of the molecule is C[C@H](NC(=O)C1(C2=CC=CCC2)CCN(C(=O)N2CCN(C3CCCCC3)CC2)CC1)C1=CC=CCC1. The Labute approximate surface area is 223 Å². The Morgan fingerprint density at radius 1 is 0.865 bits per heavy atom. The van der Waals surface area contributed by atoms with E-state index in [-0.39, 0.29) is 18.0 Å². The molecule has 3 fully saturated rings. The zero-order valence-electron chi connectivity index (χ0n) is 22.8. The standard InChI is InChI=1S/C31H46N4O2/c1-25(26-11-5-2-6-12-26)32-29(36)31(27-13-7-3-8-14-27)17-19-34(20-18-31)30(37)35-23-21-33(22-24-35)28-15-9-4-10-16-28/h2-3,5,7,11,13,25,28H,4,6,8-10,12,14-24H2,1H3,(H,32,36)/t25-/m0/s1. The van der Waals surface area contributed by atoms with Crippen molar-refractivity contribution < 1.29 is 9.59 Å². The first-order valence-corrected chi connectivity index (χ1v) is 14.9. The average Bonchev–Trinajstić information content (AvgIpc) is 2.98. The van der Waals surface area contributed by atoms with Gasteiger partial charge in [-0.25, -0.2) is 4.79 Å². The minimum atomic E-state index is -0.513. The van der Waals surface area contributed by atoms with Crippen LogP contribution in [0.1, 0.15) is 77.6 Å². The molecule has 0 spiro atoms. The highest BCUT2D eigenvalue weighted by Gasteiger charge is 2.46. The van der Waals surface area contributed by atoms with Crippen LogP contribution in [0.25, 0.3) is 0 Å². The maximum absolute atomic E-state index is 13.9. The van der Waals surface area contributed by atoms with Crippen molar-refractivity contribution in [2.45, 2.75) is 89.6 Å². The predicted molar refractivity (Wildman–Crippen MR) is 149 cm³/mol. The minimum Gasteiger partial charge on any atom is -0.349 e. The second-order valence-corrected chi connectivity index (χ2v) is 11.7. The second-order valence-electron chi connectivity index (χ2n) is 11.7. The van der Waals surface area contributed by atoms with Crippen molar-refractivity contribution in [1.29, 1.82) is 0 Å². The number of nitrogens with zero attached hydrogens (tertiary/aromatic N) is 3. The van der Waals surface area contributed by atoms with Gasteiger partial charge in [-0.2, -0.15) is 0 Å². The molecule has 0 aromatic heterocycles. The Kier molecular flexibility index (Phi) is 8.53. The number of nitrogens with one attached hydrogen (secondary N) is 1. The molecule has 1 N–H and O–H groups in total. The number of piperazine rings is 1. The van der Waals surface area contributed by atoms with E-state index in [0.29, 0.717) is 25.9 Å². The van der Waals surface area contributed by atoms with E-state index in [9.17, 15) is 9.59 Å². The van der Waals surface area contributed by atoms with Crippen molar-refractivity contribution in [2.75, 3.05) is 39.3 Å². The minimum absolute atomic E-state index is 0.0363. The lowest BCUT2D eigenvalue weighted by atomic mass is 9.69. The van der Waals surface area contributed by atoms with Gasteiger partial charge in [0.05, 0.1) is 5.41 Å². The van der Waals surface area contributed by atoms with Crippen LogP contribution in [0.3, 0.4) is 0 Å². The topological polar surface area (TPSA) is 55.9 Å². The third kappa shape index (κ3) is 5.89. The summed E-state index contributed by atoms with van der Waals surface area (Å²) in [5, 5.41) is 3.38. The van der Waals surface area contributed by atoms with Crippen LogP contribution in [0.4, 0.5) is 4.79 Å². The van der Waals surface area contributed by atoms with Crippen molar-refractivity contribution in [3.8, 4) is 0 Å². The van der Waals surface area contributed by atoms with Gasteiger partial charge in [-0.1, -0.05) is 61.3 Å². The van der Waals surface area contributed by atoms with Crippen molar-refractivity contribution in [3.63, 3.8) is 0 Å². The molecule has 0 aromatic carbocycles. The number of hydrogen-bond acceptors (Lipinski definition) is 3. The normalized spacial score (nSPS) is 25.9. The first kappa shape index (κ1) is 26.3. The van der Waals surface area contributed by atoms with Gasteiger partial charge in [0, 0.05) is 51.4 Å². The largest absolute Gasteiger partial charge is 0.349 e. The maximum atomic E-state index is 13.9. The van der Waals surface area contributed by atoms with Crippen LogP contribution in [0.5, 0.6) is 0 Å². The van der Waals surface area contributed by atoms with E-state index in [0.717, 1.165) is 57.9 Å². The van der Waals surface area contributed by atoms with Crippen LogP contribution < -0.4 is 5.32 Å². The third-order valence-corrected chi connectivity index (χ3v) is 9.58. The van der Waals surface area contributed by atoms with Gasteiger partial charge < -0.3 is 15.1 Å². The number of hydrogen-bond donors (Lipinski definition) is 1. The Hall–Kier alpha value is -2.34. The summed E-state index contributed by atoms with van der Waals surface area (Å²) >= 11 is 0. The van der Waals surface area contributed by atoms with Gasteiger partial charge in [0.15, 0.2) is 0 Å². The number of allylic oxidation sites excluding steroid dienone is 6. The summed E-state index contributed by atoms with van der Waals surface area (Å²) in [4.78, 5) is 34.1. The lowest BCUT2D eigenvalue weighted by Gasteiger charge is -2.46. The van der Waals surface area contributed by atoms with Crippen molar-refractivity contribution in [2.24, 2.45) is 5.41 Å². The molecule has 6 heteroatoms. The molecule has 202 valence electrons. The molecule has 6 nitrogen and oxygen atoms in total. The van der Waals surface area contributed by atoms with Crippen LogP contribution >= 0.6 is 0 Å². The summed E-state index contributed by atoms with van der Waals surface area (Å²) in [6.45, 7) is 7.06. The van der Waals surface area contributed by atoms with E-state index in [4.69, 9.17) is 0 Å². The molecule has 0 bridgehead atoms. The number of carbonyl (C=O) groups excluding carboxylic acids is 2. The van der Waals surface area contributed by atoms with Crippen LogP contribution in [0.2, 0.25) is 0 Å². The smallest absolute Gasteiger partial charge is 0.320 e. The highest BCUT2D eigenvalue weighted by atomic mass is 16.2. The van der Waals surface area contributed by atoms with Gasteiger partial charge in [0.2, 0.25) is 5.91 Å². The zero-order valence-corrected chi connectivity index (χ0v) is 22.8. The number of amides is 3. The molecule has 3 aliphatic carbocycles. The molecule has 2 heterocycles. The number of rotatable bonds is 5. The zero-order chi connectivity index (χ0) is 25.7. The average molecular weight is 507 g/mol. The number of carbonyl (C=O) groups is 2. The van der Waals surface area contributed by atoms with Crippen molar-refractivity contribution in [3.05, 3.63) is 47.6 Å². The molecule has 2 aliphatic heterocycles. The predicted octanol–water partition coefficient (Wildman–Crippen LogP) is 5.20. The Morgan fingerprint density at radius 3 is 2.14 bits per heavy atom. The molecule has 5 rings (SSSR count). The van der Waals surface area contributed by atoms with Gasteiger partial charge in [0.1, 0.15) is 0 Å². The molecular formula is C31H46N4O2. The summed E-state index contributed by atoms with van der Waals surface area (Å²) in [5.41, 5.74) is 2.02. The van der Waals surface area contributed by atoms with E-state index in [1.807, 2.05) is 4.90 Å². The summed E-state index contributed by atoms with van der Waals surface area (Å²) in [6, 6.07) is 0.928. The number of piperidine rings is 1. The van der Waals surface area contributed by atoms with E-state index in [2.05, 4.69) is 58.5 Å². The second kappa shape index (κ2) is 12.0. The number of likely N-dealkylation sites (tertiary alicyclic amines) is 1. The molecule has 1 atom stereocenters. The molecule has 3 amide bonds. The molecule has 0 aromatic rings. The lowest BCUT2D eigenvalue weighted by molar-refractivity contribution is -0.131. The monoisotopic (exact) mass is 506 g/mol. The van der Waals surface area contributed by atoms with Gasteiger partial charge >= 0.3 is 6.03 Å². The maximum Gasteiger partial charge on any atom is 0.320 e. The number of urea groups is 1. The van der Waals surface area contributed by atoms with Crippen molar-refractivity contribution in [1.82, 2.24) is 20.0 Å². The van der Waals surface area contributed by atoms with Gasteiger partial charge in [-0.15, -0.1) is 0 Å². The van der Waals surface area contributed by atoms with Crippen LogP contribution in [0, 0.1) is 5.41 Å². The fourth-order valence-corrected chi connectivity index (χ4v) is 7.11. The Bertz CT molecular complexity index is 942. The molecule has 5 aliphatic rings. The summed E-state index contributed by atoms with van der Waals surface area (Å²) < 4.78 is 0. The molecule has 0 unspecified atom stereocenters. The van der Waals surface area contributed by atoms with Crippen molar-refractivity contribution >= 4 is 11.9 Å². The quantitative estimate of drug-likeness (QED) is 0.558. The first-order valence-electron chi connectivity index (χ1n) is 14.9. The third-order valence-electron chi connectivity index (χ3n) is 9.58. The van der Waals surface area contributed by atoms with Gasteiger partial charge in [-0.3, -0.25) is 9.69 Å². The van der Waals surface area contributed by atoms with E-state index in [1.54, 1.807) is 0 Å². The van der Waals surface area contributed by atoms with Crippen LogP contribution in [-0.4, -0.2) is 78.0 Å². The fraction of sp³-hybridized carbons (Fsp3) is 0.677. The highest BCUT2D eigenvalue weighted by Crippen LogP contribution is 2.43. The molecule has 37 heavy (non-hydrogen) atoms. The molecule has 0 radical (unpaired) electrons. The highest BCUT2D eigenvalue weighted by molar-refractivity contribution is 5.87. The summed E-state index contributed by atoms with van der Waals surface area (Å²) in [5.74, 6) is 0.144. The lowest BCUT2D eigenvalue weighted by Crippen LogP contribution is -2.58. The molecule has 1 saturated carbocycles. The van der Waals surface area contributed by atoms with E-state index < -0.39 is 5.41 Å². The van der Waals surface area contributed by atoms with Gasteiger partial charge in [0.25, 0.3) is 0 Å². The first-order chi connectivity index (χ1) is 18.1. The molecular weight excluding hydrogens is 460 g/mol. The fourth-order valence-electron chi connectivity index (χ4n) is 7.11. The van der Waals surface area contributed by atoms with E-state index in [1.165, 1.54) is 43.3 Å². The van der Waals surface area contributed by atoms with E-state index >= 15 is 0 Å². The molecule has 2 saturated heterocycles. The van der Waals surface area contributed by atoms with Crippen LogP contribution in [-0.2, 0) is 4.79 Å². The summed E-state index contributed by atoms with van der Waals surface area (Å²) in [6.07, 6.45) is 25.0.